The quantitative estimate of drug-likeness (QED) is 0.443. The number of nitrogens with two attached hydrogens (primary N) is 1. The Morgan fingerprint density at radius 1 is 1.33 bits per heavy atom. The van der Waals surface area contributed by atoms with Crippen LogP contribution in [0.3, 0.4) is 0 Å². The summed E-state index contributed by atoms with van der Waals surface area (Å²) in [5.41, 5.74) is 7.66. The first-order valence-electron chi connectivity index (χ1n) is 10.7. The third kappa shape index (κ3) is 3.86. The molecule has 10 heteroatoms. The molecule has 1 amide bonds. The topological polar surface area (TPSA) is 132 Å². The number of carbonyl (C=O) groups is 1. The Kier molecular flexibility index (Phi) is 4.97. The first kappa shape index (κ1) is 21.2. The zero-order valence-corrected chi connectivity index (χ0v) is 18.2. The fourth-order valence-electron chi connectivity index (χ4n) is 4.34. The lowest BCUT2D eigenvalue weighted by molar-refractivity contribution is -0.100. The highest BCUT2D eigenvalue weighted by molar-refractivity contribution is 5.99. The summed E-state index contributed by atoms with van der Waals surface area (Å²) >= 11 is 0. The number of ether oxygens (including phenoxy) is 2. The highest BCUT2D eigenvalue weighted by Crippen LogP contribution is 2.39. The Bertz CT molecular complexity index is 1270. The van der Waals surface area contributed by atoms with Crippen molar-refractivity contribution in [2.24, 2.45) is 0 Å². The molecule has 0 saturated heterocycles. The van der Waals surface area contributed by atoms with Gasteiger partial charge in [0.25, 0.3) is 0 Å². The van der Waals surface area contributed by atoms with E-state index >= 15 is 4.39 Å². The molecule has 5 rings (SSSR count). The minimum absolute atomic E-state index is 0.0397. The van der Waals surface area contributed by atoms with E-state index in [0.29, 0.717) is 48.2 Å². The van der Waals surface area contributed by atoms with Gasteiger partial charge in [-0.1, -0.05) is 0 Å². The van der Waals surface area contributed by atoms with Crippen molar-refractivity contribution in [1.82, 2.24) is 9.97 Å². The molecule has 5 N–H and O–H groups in total. The molecule has 0 unspecified atom stereocenters. The van der Waals surface area contributed by atoms with E-state index in [2.05, 4.69) is 20.6 Å². The molecular formula is C23H24FN5O4. The number of amides is 1. The number of fused-ring (bicyclic) bond motifs is 2. The average molecular weight is 453 g/mol. The third-order valence-corrected chi connectivity index (χ3v) is 6.07. The highest BCUT2D eigenvalue weighted by atomic mass is 19.1. The van der Waals surface area contributed by atoms with Gasteiger partial charge in [0.15, 0.2) is 5.82 Å². The van der Waals surface area contributed by atoms with Crippen LogP contribution >= 0.6 is 0 Å². The Morgan fingerprint density at radius 2 is 2.12 bits per heavy atom. The Balaban J connectivity index is 1.46. The van der Waals surface area contributed by atoms with Gasteiger partial charge in [-0.05, 0) is 36.9 Å². The van der Waals surface area contributed by atoms with Crippen molar-refractivity contribution in [3.63, 3.8) is 0 Å². The number of pyridine rings is 2. The van der Waals surface area contributed by atoms with Gasteiger partial charge in [-0.2, -0.15) is 0 Å². The van der Waals surface area contributed by atoms with Crippen LogP contribution in [-0.4, -0.2) is 46.0 Å². The van der Waals surface area contributed by atoms with E-state index in [1.807, 2.05) is 6.92 Å². The predicted octanol–water partition coefficient (Wildman–Crippen LogP) is 3.59. The van der Waals surface area contributed by atoms with Crippen LogP contribution in [-0.2, 0) is 4.74 Å². The Labute approximate surface area is 189 Å². The van der Waals surface area contributed by atoms with Crippen molar-refractivity contribution in [1.29, 1.82) is 0 Å². The molecule has 1 aliphatic heterocycles. The molecule has 0 spiro atoms. The molecule has 0 radical (unpaired) electrons. The third-order valence-electron chi connectivity index (χ3n) is 6.07. The number of anilines is 3. The summed E-state index contributed by atoms with van der Waals surface area (Å²) in [6, 6.07) is 3.26. The van der Waals surface area contributed by atoms with Gasteiger partial charge in [-0.25, -0.2) is 19.2 Å². The van der Waals surface area contributed by atoms with Gasteiger partial charge in [-0.15, -0.1) is 0 Å². The molecular weight excluding hydrogens is 429 g/mol. The highest BCUT2D eigenvalue weighted by Gasteiger charge is 2.41. The summed E-state index contributed by atoms with van der Waals surface area (Å²) < 4.78 is 26.1. The lowest BCUT2D eigenvalue weighted by atomic mass is 9.79. The summed E-state index contributed by atoms with van der Waals surface area (Å²) in [7, 11) is 0. The van der Waals surface area contributed by atoms with Gasteiger partial charge in [0, 0.05) is 48.3 Å². The first-order chi connectivity index (χ1) is 15.7. The molecule has 33 heavy (non-hydrogen) atoms. The van der Waals surface area contributed by atoms with Gasteiger partial charge in [0.05, 0.1) is 11.3 Å². The van der Waals surface area contributed by atoms with Crippen LogP contribution in [0.1, 0.15) is 25.3 Å². The number of hydrogen-bond donors (Lipinski definition) is 4. The molecule has 0 atom stereocenters. The van der Waals surface area contributed by atoms with Crippen molar-refractivity contribution >= 4 is 34.1 Å². The zero-order valence-electron chi connectivity index (χ0n) is 18.2. The van der Waals surface area contributed by atoms with Crippen molar-refractivity contribution in [3.05, 3.63) is 35.9 Å². The number of aliphatic hydroxyl groups is 1. The van der Waals surface area contributed by atoms with Crippen molar-refractivity contribution in [3.8, 4) is 17.0 Å². The minimum atomic E-state index is -0.796. The number of rotatable bonds is 3. The smallest absolute Gasteiger partial charge is 0.413 e. The molecule has 2 aliphatic rings. The van der Waals surface area contributed by atoms with E-state index in [0.717, 1.165) is 11.3 Å². The predicted molar refractivity (Wildman–Crippen MR) is 122 cm³/mol. The van der Waals surface area contributed by atoms with Crippen molar-refractivity contribution in [2.75, 3.05) is 29.5 Å². The molecule has 3 aromatic rings. The normalized spacial score (nSPS) is 21.4. The molecule has 3 heterocycles. The molecule has 1 aromatic carbocycles. The van der Waals surface area contributed by atoms with Gasteiger partial charge >= 0.3 is 6.09 Å². The number of nitrogens with zero attached hydrogens (tertiary/aromatic N) is 2. The lowest BCUT2D eigenvalue weighted by Crippen LogP contribution is -2.47. The van der Waals surface area contributed by atoms with Crippen molar-refractivity contribution in [2.45, 2.75) is 38.4 Å². The van der Waals surface area contributed by atoms with E-state index in [-0.39, 0.29) is 23.2 Å². The van der Waals surface area contributed by atoms with Gasteiger partial charge in [-0.3, -0.25) is 5.32 Å². The van der Waals surface area contributed by atoms with Crippen LogP contribution < -0.4 is 21.1 Å². The van der Waals surface area contributed by atoms with Crippen molar-refractivity contribution < 1.29 is 23.8 Å². The lowest BCUT2D eigenvalue weighted by Gasteiger charge is -2.39. The number of carbonyl (C=O) groups excluding carboxylic acids is 1. The van der Waals surface area contributed by atoms with Crippen LogP contribution in [0.5, 0.6) is 5.88 Å². The fourth-order valence-corrected chi connectivity index (χ4v) is 4.34. The molecule has 172 valence electrons. The second-order valence-corrected chi connectivity index (χ2v) is 8.75. The summed E-state index contributed by atoms with van der Waals surface area (Å²) in [6.45, 7) is 4.71. The van der Waals surface area contributed by atoms with E-state index in [9.17, 15) is 9.90 Å². The van der Waals surface area contributed by atoms with Gasteiger partial charge < -0.3 is 25.6 Å². The Morgan fingerprint density at radius 3 is 2.88 bits per heavy atom. The maximum absolute atomic E-state index is 15.2. The molecule has 0 bridgehead atoms. The average Bonchev–Trinajstić information content (AvgIpc) is 2.75. The second-order valence-electron chi connectivity index (χ2n) is 8.75. The fraction of sp³-hybridized carbons (Fsp3) is 0.348. The molecule has 1 aliphatic carbocycles. The second kappa shape index (κ2) is 7.73. The van der Waals surface area contributed by atoms with Gasteiger partial charge in [0.1, 0.15) is 24.2 Å². The SMILES string of the molecule is Cc1c(-c2cc3cc(NC(=O)OC4CC(C)(O)C4)ncc3c(N)c2F)cnc2c1NCCO2. The molecule has 2 aromatic heterocycles. The number of nitrogens with one attached hydrogen (secondary N) is 2. The van der Waals surface area contributed by atoms with Crippen LogP contribution in [0.15, 0.2) is 24.5 Å². The summed E-state index contributed by atoms with van der Waals surface area (Å²) in [5, 5.41) is 16.6. The number of hydrogen-bond acceptors (Lipinski definition) is 8. The monoisotopic (exact) mass is 453 g/mol. The number of benzene rings is 1. The minimum Gasteiger partial charge on any atom is -0.474 e. The largest absolute Gasteiger partial charge is 0.474 e. The maximum atomic E-state index is 15.2. The summed E-state index contributed by atoms with van der Waals surface area (Å²) in [4.78, 5) is 20.7. The standard InChI is InChI=1S/C23H24FN5O4/c1-11-15(9-28-21-20(11)26-3-4-32-21)14-5-12-6-17(27-10-16(12)19(25)18(14)24)29-22(30)33-13-7-23(2,31)8-13/h5-6,9-10,13,26,31H,3-4,7-8,25H2,1-2H3,(H,27,29,30). The molecule has 1 fully saturated rings. The van der Waals surface area contributed by atoms with E-state index < -0.39 is 17.5 Å². The van der Waals surface area contributed by atoms with E-state index in [4.69, 9.17) is 15.2 Å². The van der Waals surface area contributed by atoms with Gasteiger partial charge in [0.2, 0.25) is 5.88 Å². The number of nitrogen functional groups attached to an aromatic ring is 1. The number of halogens is 1. The van der Waals surface area contributed by atoms with E-state index in [1.54, 1.807) is 25.3 Å². The maximum Gasteiger partial charge on any atom is 0.413 e. The molecule has 1 saturated carbocycles. The summed E-state index contributed by atoms with van der Waals surface area (Å²) in [6.07, 6.45) is 2.75. The van der Waals surface area contributed by atoms with Crippen LogP contribution in [0.4, 0.5) is 26.4 Å². The van der Waals surface area contributed by atoms with Crippen LogP contribution in [0, 0.1) is 12.7 Å². The zero-order chi connectivity index (χ0) is 23.3. The Hall–Kier alpha value is -3.66. The van der Waals surface area contributed by atoms with Crippen LogP contribution in [0.2, 0.25) is 0 Å². The molecule has 9 nitrogen and oxygen atoms in total. The van der Waals surface area contributed by atoms with Crippen LogP contribution in [0.25, 0.3) is 21.9 Å². The first-order valence-corrected chi connectivity index (χ1v) is 10.7. The summed E-state index contributed by atoms with van der Waals surface area (Å²) in [5.74, 6) is 0.160. The number of aromatic nitrogens is 2. The van der Waals surface area contributed by atoms with E-state index in [1.165, 1.54) is 6.20 Å².